The molecule has 3 heterocycles. The normalized spacial score (nSPS) is 24.3. The van der Waals surface area contributed by atoms with Crippen LogP contribution in [0.3, 0.4) is 0 Å². The Morgan fingerprint density at radius 3 is 2.68 bits per heavy atom. The van der Waals surface area contributed by atoms with E-state index >= 15 is 0 Å². The maximum absolute atomic E-state index is 5.56. The minimum Gasteiger partial charge on any atom is -0.379 e. The Bertz CT molecular complexity index is 630. The third kappa shape index (κ3) is 5.90. The fourth-order valence-corrected chi connectivity index (χ4v) is 4.89. The summed E-state index contributed by atoms with van der Waals surface area (Å²) < 4.78 is 5.56. The van der Waals surface area contributed by atoms with Crippen molar-refractivity contribution in [1.82, 2.24) is 25.3 Å². The molecule has 0 aliphatic carbocycles. The van der Waals surface area contributed by atoms with Crippen molar-refractivity contribution in [2.75, 3.05) is 80.2 Å². The predicted octanol–water partition coefficient (Wildman–Crippen LogP) is 0.841. The monoisotopic (exact) mass is 408 g/mol. The molecule has 8 heteroatoms. The average Bonchev–Trinajstić information content (AvgIpc) is 3.13. The zero-order valence-electron chi connectivity index (χ0n) is 17.8. The molecule has 0 aromatic carbocycles. The molecule has 2 aliphatic heterocycles. The number of rotatable bonds is 6. The molecule has 0 radical (unpaired) electrons. The van der Waals surface area contributed by atoms with Crippen LogP contribution in [-0.4, -0.2) is 107 Å². The highest BCUT2D eigenvalue weighted by Gasteiger charge is 2.25. The Morgan fingerprint density at radius 2 is 2.00 bits per heavy atom. The minimum absolute atomic E-state index is 0.352. The molecule has 0 saturated carbocycles. The highest BCUT2D eigenvalue weighted by molar-refractivity contribution is 7.12. The molecule has 2 saturated heterocycles. The number of aliphatic imine (C=N–C) groups is 1. The number of likely N-dealkylation sites (N-methyl/N-ethyl adjacent to an activating group) is 2. The molecule has 1 aromatic rings. The Hall–Kier alpha value is -1.19. The van der Waals surface area contributed by atoms with Gasteiger partial charge in [-0.3, -0.25) is 14.8 Å². The number of hydrogen-bond acceptors (Lipinski definition) is 6. The quantitative estimate of drug-likeness (QED) is 0.538. The van der Waals surface area contributed by atoms with Gasteiger partial charge in [0.25, 0.3) is 0 Å². The Balaban J connectivity index is 1.56. The second kappa shape index (κ2) is 10.5. The number of guanidine groups is 1. The first-order valence-corrected chi connectivity index (χ1v) is 11.1. The molecule has 0 spiro atoms. The van der Waals surface area contributed by atoms with Gasteiger partial charge in [0.15, 0.2) is 5.96 Å². The van der Waals surface area contributed by atoms with E-state index in [2.05, 4.69) is 63.5 Å². The van der Waals surface area contributed by atoms with Crippen molar-refractivity contribution in [3.05, 3.63) is 21.9 Å². The van der Waals surface area contributed by atoms with Crippen LogP contribution >= 0.6 is 11.3 Å². The van der Waals surface area contributed by atoms with Crippen molar-refractivity contribution in [2.45, 2.75) is 19.0 Å². The van der Waals surface area contributed by atoms with Crippen molar-refractivity contribution in [1.29, 1.82) is 0 Å². The van der Waals surface area contributed by atoms with Crippen molar-refractivity contribution >= 4 is 17.3 Å². The summed E-state index contributed by atoms with van der Waals surface area (Å²) >= 11 is 1.89. The average molecular weight is 409 g/mol. The molecule has 2 unspecified atom stereocenters. The first-order valence-electron chi connectivity index (χ1n) is 10.3. The maximum atomic E-state index is 5.56. The first-order chi connectivity index (χ1) is 13.6. The van der Waals surface area contributed by atoms with E-state index in [-0.39, 0.29) is 0 Å². The number of thiophene rings is 1. The van der Waals surface area contributed by atoms with E-state index < -0.39 is 0 Å². The summed E-state index contributed by atoms with van der Waals surface area (Å²) in [5.74, 6) is 0.883. The van der Waals surface area contributed by atoms with Crippen LogP contribution in [0.15, 0.2) is 17.1 Å². The van der Waals surface area contributed by atoms with Crippen molar-refractivity contribution < 1.29 is 4.74 Å². The van der Waals surface area contributed by atoms with Crippen LogP contribution in [0.5, 0.6) is 0 Å². The maximum Gasteiger partial charge on any atom is 0.191 e. The standard InChI is InChI=1S/C20H36N6OS/c1-16-5-6-19(28-16)18(26-9-11-27-12-10-26)14-23-20(21-2)22-13-17-15-24(3)7-8-25(17)4/h5-6,17-18H,7-15H2,1-4H3,(H2,21,22,23). The van der Waals surface area contributed by atoms with E-state index in [4.69, 9.17) is 4.74 Å². The topological polar surface area (TPSA) is 55.4 Å². The summed E-state index contributed by atoms with van der Waals surface area (Å²) in [5.41, 5.74) is 0. The van der Waals surface area contributed by atoms with Crippen molar-refractivity contribution in [3.63, 3.8) is 0 Å². The zero-order chi connectivity index (χ0) is 19.9. The van der Waals surface area contributed by atoms with Crippen LogP contribution in [0.25, 0.3) is 0 Å². The molecule has 0 amide bonds. The lowest BCUT2D eigenvalue weighted by atomic mass is 10.2. The van der Waals surface area contributed by atoms with Gasteiger partial charge in [-0.2, -0.15) is 0 Å². The van der Waals surface area contributed by atoms with Gasteiger partial charge >= 0.3 is 0 Å². The molecule has 0 bridgehead atoms. The van der Waals surface area contributed by atoms with Gasteiger partial charge in [0.05, 0.1) is 19.3 Å². The van der Waals surface area contributed by atoms with Gasteiger partial charge in [-0.05, 0) is 33.2 Å². The molecule has 7 nitrogen and oxygen atoms in total. The van der Waals surface area contributed by atoms with Gasteiger partial charge in [-0.1, -0.05) is 0 Å². The van der Waals surface area contributed by atoms with E-state index in [0.29, 0.717) is 12.1 Å². The van der Waals surface area contributed by atoms with E-state index in [1.54, 1.807) is 0 Å². The summed E-state index contributed by atoms with van der Waals surface area (Å²) in [7, 11) is 6.26. The fourth-order valence-electron chi connectivity index (χ4n) is 3.88. The first kappa shape index (κ1) is 21.5. The fraction of sp³-hybridized carbons (Fsp3) is 0.750. The minimum atomic E-state index is 0.352. The smallest absolute Gasteiger partial charge is 0.191 e. The Labute approximate surface area is 173 Å². The SMILES string of the molecule is CN=C(NCC1CN(C)CCN1C)NCC(c1ccc(C)s1)N1CCOCC1. The van der Waals surface area contributed by atoms with Gasteiger partial charge < -0.3 is 20.3 Å². The number of ether oxygens (including phenoxy) is 1. The Morgan fingerprint density at radius 1 is 1.21 bits per heavy atom. The second-order valence-electron chi connectivity index (χ2n) is 7.84. The van der Waals surface area contributed by atoms with E-state index in [9.17, 15) is 0 Å². The second-order valence-corrected chi connectivity index (χ2v) is 9.16. The number of nitrogens with one attached hydrogen (secondary N) is 2. The summed E-state index contributed by atoms with van der Waals surface area (Å²) in [6.07, 6.45) is 0. The van der Waals surface area contributed by atoms with Crippen molar-refractivity contribution in [2.24, 2.45) is 4.99 Å². The lowest BCUT2D eigenvalue weighted by Gasteiger charge is -2.38. The summed E-state index contributed by atoms with van der Waals surface area (Å²) in [5, 5.41) is 7.11. The molecule has 2 aliphatic rings. The van der Waals surface area contributed by atoms with Gasteiger partial charge in [-0.15, -0.1) is 11.3 Å². The summed E-state index contributed by atoms with van der Waals surface area (Å²) in [6, 6.07) is 5.35. The highest BCUT2D eigenvalue weighted by atomic mass is 32.1. The lowest BCUT2D eigenvalue weighted by Crippen LogP contribution is -2.55. The molecule has 2 fully saturated rings. The molecule has 2 N–H and O–H groups in total. The molecule has 2 atom stereocenters. The molecular weight excluding hydrogens is 372 g/mol. The third-order valence-corrected chi connectivity index (χ3v) is 6.85. The third-order valence-electron chi connectivity index (χ3n) is 5.75. The van der Waals surface area contributed by atoms with E-state index in [1.807, 2.05) is 18.4 Å². The lowest BCUT2D eigenvalue weighted by molar-refractivity contribution is 0.0177. The van der Waals surface area contributed by atoms with Crippen LogP contribution in [0.1, 0.15) is 15.8 Å². The molecule has 1 aromatic heterocycles. The van der Waals surface area contributed by atoms with Crippen LogP contribution in [0.4, 0.5) is 0 Å². The number of nitrogens with zero attached hydrogens (tertiary/aromatic N) is 4. The highest BCUT2D eigenvalue weighted by Crippen LogP contribution is 2.27. The molecule has 158 valence electrons. The molecular formula is C20H36N6OS. The molecule has 28 heavy (non-hydrogen) atoms. The van der Waals surface area contributed by atoms with Gasteiger partial charge in [0.2, 0.25) is 0 Å². The number of aryl methyl sites for hydroxylation is 1. The molecule has 3 rings (SSSR count). The van der Waals surface area contributed by atoms with Gasteiger partial charge in [-0.25, -0.2) is 0 Å². The Kier molecular flexibility index (Phi) is 8.11. The van der Waals surface area contributed by atoms with Crippen molar-refractivity contribution in [3.8, 4) is 0 Å². The number of piperazine rings is 1. The van der Waals surface area contributed by atoms with Crippen LogP contribution in [0, 0.1) is 6.92 Å². The van der Waals surface area contributed by atoms with Gasteiger partial charge in [0, 0.05) is 68.7 Å². The summed E-state index contributed by atoms with van der Waals surface area (Å²) in [4.78, 5) is 14.6. The summed E-state index contributed by atoms with van der Waals surface area (Å²) in [6.45, 7) is 10.9. The number of hydrogen-bond donors (Lipinski definition) is 2. The van der Waals surface area contributed by atoms with E-state index in [1.165, 1.54) is 9.75 Å². The van der Waals surface area contributed by atoms with Crippen LogP contribution < -0.4 is 10.6 Å². The number of morpholine rings is 1. The van der Waals surface area contributed by atoms with Crippen LogP contribution in [-0.2, 0) is 4.74 Å². The van der Waals surface area contributed by atoms with Gasteiger partial charge in [0.1, 0.15) is 0 Å². The van der Waals surface area contributed by atoms with Crippen LogP contribution in [0.2, 0.25) is 0 Å². The van der Waals surface area contributed by atoms with E-state index in [0.717, 1.165) is 65.0 Å². The largest absolute Gasteiger partial charge is 0.379 e. The predicted molar refractivity (Wildman–Crippen MR) is 117 cm³/mol. The zero-order valence-corrected chi connectivity index (χ0v) is 18.6.